The fourth-order valence-electron chi connectivity index (χ4n) is 1.77. The molecule has 0 aliphatic carbocycles. The fraction of sp³-hybridized carbons (Fsp3) is 0.333. The first-order valence-electron chi connectivity index (χ1n) is 6.49. The van der Waals surface area contributed by atoms with Crippen molar-refractivity contribution in [2.45, 2.75) is 26.2 Å². The van der Waals surface area contributed by atoms with Gasteiger partial charge in [-0.05, 0) is 23.1 Å². The van der Waals surface area contributed by atoms with Crippen LogP contribution in [-0.2, 0) is 5.41 Å². The van der Waals surface area contributed by atoms with Crippen molar-refractivity contribution < 1.29 is 4.74 Å². The summed E-state index contributed by atoms with van der Waals surface area (Å²) in [6.07, 6.45) is 0. The van der Waals surface area contributed by atoms with Crippen molar-refractivity contribution in [3.05, 3.63) is 35.9 Å². The largest absolute Gasteiger partial charge is 0.439 e. The van der Waals surface area contributed by atoms with Crippen LogP contribution in [0.4, 0.5) is 11.8 Å². The highest BCUT2D eigenvalue weighted by Crippen LogP contribution is 2.28. The van der Waals surface area contributed by atoms with Crippen molar-refractivity contribution in [3.8, 4) is 11.6 Å². The number of nitrogens with zero attached hydrogens (tertiary/aromatic N) is 2. The lowest BCUT2D eigenvalue weighted by atomic mass is 9.87. The molecule has 1 aromatic carbocycles. The van der Waals surface area contributed by atoms with E-state index in [4.69, 9.17) is 10.5 Å². The number of nitrogen functional groups attached to an aromatic ring is 1. The molecule has 1 aromatic heterocycles. The Morgan fingerprint density at radius 2 is 1.90 bits per heavy atom. The molecular formula is C15H20N4O. The van der Waals surface area contributed by atoms with Gasteiger partial charge in [0, 0.05) is 13.1 Å². The molecule has 2 rings (SSSR count). The molecule has 0 saturated heterocycles. The standard InChI is InChI=1S/C15H20N4O/c1-15(2,3)10-6-5-7-11(8-10)20-13-9-12(17-4)18-14(16)19-13/h5-9H,1-4H3,(H3,16,17,18,19). The van der Waals surface area contributed by atoms with Gasteiger partial charge in [-0.2, -0.15) is 9.97 Å². The Morgan fingerprint density at radius 3 is 2.55 bits per heavy atom. The number of benzene rings is 1. The molecule has 0 aliphatic heterocycles. The van der Waals surface area contributed by atoms with Crippen LogP contribution in [0.3, 0.4) is 0 Å². The molecule has 0 spiro atoms. The number of rotatable bonds is 3. The molecular weight excluding hydrogens is 252 g/mol. The van der Waals surface area contributed by atoms with Gasteiger partial charge in [-0.25, -0.2) is 0 Å². The third-order valence-corrected chi connectivity index (χ3v) is 2.90. The van der Waals surface area contributed by atoms with Crippen LogP contribution < -0.4 is 15.8 Å². The predicted molar refractivity (Wildman–Crippen MR) is 81.2 cm³/mol. The van der Waals surface area contributed by atoms with Gasteiger partial charge in [0.1, 0.15) is 11.6 Å². The normalized spacial score (nSPS) is 11.2. The lowest BCUT2D eigenvalue weighted by Gasteiger charge is -2.19. The molecule has 0 aliphatic rings. The maximum Gasteiger partial charge on any atom is 0.226 e. The molecule has 0 atom stereocenters. The van der Waals surface area contributed by atoms with Crippen LogP contribution in [0.5, 0.6) is 11.6 Å². The van der Waals surface area contributed by atoms with Crippen molar-refractivity contribution in [3.63, 3.8) is 0 Å². The average Bonchev–Trinajstić information content (AvgIpc) is 2.37. The van der Waals surface area contributed by atoms with Gasteiger partial charge in [-0.3, -0.25) is 0 Å². The molecule has 5 nitrogen and oxygen atoms in total. The van der Waals surface area contributed by atoms with Crippen LogP contribution in [-0.4, -0.2) is 17.0 Å². The number of anilines is 2. The number of ether oxygens (including phenoxy) is 1. The van der Waals surface area contributed by atoms with E-state index in [2.05, 4.69) is 42.1 Å². The van der Waals surface area contributed by atoms with Crippen LogP contribution in [0, 0.1) is 0 Å². The zero-order valence-electron chi connectivity index (χ0n) is 12.3. The molecule has 5 heteroatoms. The summed E-state index contributed by atoms with van der Waals surface area (Å²) in [5.74, 6) is 1.96. The first-order valence-corrected chi connectivity index (χ1v) is 6.49. The lowest BCUT2D eigenvalue weighted by Crippen LogP contribution is -2.10. The molecule has 20 heavy (non-hydrogen) atoms. The zero-order chi connectivity index (χ0) is 14.8. The highest BCUT2D eigenvalue weighted by atomic mass is 16.5. The van der Waals surface area contributed by atoms with Gasteiger partial charge >= 0.3 is 0 Å². The van der Waals surface area contributed by atoms with E-state index in [1.54, 1.807) is 13.1 Å². The lowest BCUT2D eigenvalue weighted by molar-refractivity contribution is 0.460. The third kappa shape index (κ3) is 3.38. The van der Waals surface area contributed by atoms with Crippen LogP contribution in [0.2, 0.25) is 0 Å². The summed E-state index contributed by atoms with van der Waals surface area (Å²) < 4.78 is 5.77. The number of aromatic nitrogens is 2. The third-order valence-electron chi connectivity index (χ3n) is 2.90. The van der Waals surface area contributed by atoms with Gasteiger partial charge in [-0.15, -0.1) is 0 Å². The number of hydrogen-bond donors (Lipinski definition) is 2. The Bertz CT molecular complexity index is 605. The summed E-state index contributed by atoms with van der Waals surface area (Å²) in [6.45, 7) is 6.48. The summed E-state index contributed by atoms with van der Waals surface area (Å²) in [7, 11) is 1.77. The first kappa shape index (κ1) is 14.1. The second kappa shape index (κ2) is 5.36. The van der Waals surface area contributed by atoms with Crippen molar-refractivity contribution in [2.24, 2.45) is 0 Å². The Labute approximate surface area is 119 Å². The van der Waals surface area contributed by atoms with Gasteiger partial charge in [0.15, 0.2) is 0 Å². The van der Waals surface area contributed by atoms with Gasteiger partial charge < -0.3 is 15.8 Å². The van der Waals surface area contributed by atoms with Crippen molar-refractivity contribution in [1.82, 2.24) is 9.97 Å². The summed E-state index contributed by atoms with van der Waals surface area (Å²) in [5.41, 5.74) is 6.92. The summed E-state index contributed by atoms with van der Waals surface area (Å²) in [6, 6.07) is 9.67. The van der Waals surface area contributed by atoms with E-state index in [1.165, 1.54) is 5.56 Å². The van der Waals surface area contributed by atoms with Gasteiger partial charge in [0.2, 0.25) is 11.8 Å². The molecule has 0 saturated carbocycles. The van der Waals surface area contributed by atoms with E-state index < -0.39 is 0 Å². The quantitative estimate of drug-likeness (QED) is 0.897. The Hall–Kier alpha value is -2.30. The average molecular weight is 272 g/mol. The molecule has 0 fully saturated rings. The molecule has 2 aromatic rings. The fourth-order valence-corrected chi connectivity index (χ4v) is 1.77. The van der Waals surface area contributed by atoms with Crippen molar-refractivity contribution in [2.75, 3.05) is 18.1 Å². The van der Waals surface area contributed by atoms with Crippen LogP contribution in [0.15, 0.2) is 30.3 Å². The molecule has 0 bridgehead atoms. The summed E-state index contributed by atoms with van der Waals surface area (Å²) >= 11 is 0. The number of hydrogen-bond acceptors (Lipinski definition) is 5. The maximum absolute atomic E-state index is 5.77. The highest BCUT2D eigenvalue weighted by molar-refractivity contribution is 5.44. The minimum atomic E-state index is 0.0696. The van der Waals surface area contributed by atoms with Gasteiger partial charge in [-0.1, -0.05) is 32.9 Å². The Morgan fingerprint density at radius 1 is 1.15 bits per heavy atom. The molecule has 1 heterocycles. The van der Waals surface area contributed by atoms with Crippen LogP contribution >= 0.6 is 0 Å². The second-order valence-corrected chi connectivity index (χ2v) is 5.58. The zero-order valence-corrected chi connectivity index (χ0v) is 12.3. The molecule has 3 N–H and O–H groups in total. The van der Waals surface area contributed by atoms with Crippen molar-refractivity contribution in [1.29, 1.82) is 0 Å². The topological polar surface area (TPSA) is 73.1 Å². The number of nitrogens with two attached hydrogens (primary N) is 1. The SMILES string of the molecule is CNc1cc(Oc2cccc(C(C)(C)C)c2)nc(N)n1. The second-order valence-electron chi connectivity index (χ2n) is 5.58. The monoisotopic (exact) mass is 272 g/mol. The minimum Gasteiger partial charge on any atom is -0.439 e. The maximum atomic E-state index is 5.77. The molecule has 106 valence electrons. The highest BCUT2D eigenvalue weighted by Gasteiger charge is 2.14. The molecule has 0 radical (unpaired) electrons. The van der Waals surface area contributed by atoms with Crippen LogP contribution in [0.1, 0.15) is 26.3 Å². The van der Waals surface area contributed by atoms with Gasteiger partial charge in [0.25, 0.3) is 0 Å². The summed E-state index contributed by atoms with van der Waals surface area (Å²) in [4.78, 5) is 8.10. The Balaban J connectivity index is 2.28. The van der Waals surface area contributed by atoms with E-state index in [0.29, 0.717) is 11.7 Å². The van der Waals surface area contributed by atoms with E-state index in [0.717, 1.165) is 5.75 Å². The van der Waals surface area contributed by atoms with Crippen molar-refractivity contribution >= 4 is 11.8 Å². The first-order chi connectivity index (χ1) is 9.38. The number of nitrogens with one attached hydrogen (secondary N) is 1. The van der Waals surface area contributed by atoms with E-state index in [-0.39, 0.29) is 11.4 Å². The smallest absolute Gasteiger partial charge is 0.226 e. The van der Waals surface area contributed by atoms with E-state index in [1.807, 2.05) is 18.2 Å². The summed E-state index contributed by atoms with van der Waals surface area (Å²) in [5, 5.41) is 2.92. The molecule has 0 unspecified atom stereocenters. The Kier molecular flexibility index (Phi) is 3.79. The van der Waals surface area contributed by atoms with Crippen LogP contribution in [0.25, 0.3) is 0 Å². The predicted octanol–water partition coefficient (Wildman–Crippen LogP) is 3.19. The van der Waals surface area contributed by atoms with E-state index in [9.17, 15) is 0 Å². The van der Waals surface area contributed by atoms with Gasteiger partial charge in [0.05, 0.1) is 0 Å². The van der Waals surface area contributed by atoms with E-state index >= 15 is 0 Å². The minimum absolute atomic E-state index is 0.0696. The molecule has 0 amide bonds.